The highest BCUT2D eigenvalue weighted by Gasteiger charge is 2.35. The Hall–Kier alpha value is -1.92. The summed E-state index contributed by atoms with van der Waals surface area (Å²) >= 11 is 0. The molecule has 0 aromatic rings. The second kappa shape index (κ2) is 30.7. The highest BCUT2D eigenvalue weighted by Crippen LogP contribution is 2.29. The Labute approximate surface area is 276 Å². The largest absolute Gasteiger partial charge is 0.463 e. The molecule has 1 aliphatic heterocycles. The zero-order valence-electron chi connectivity index (χ0n) is 29.1. The Morgan fingerprint density at radius 2 is 1.00 bits per heavy atom. The molecule has 0 spiro atoms. The molecule has 45 heavy (non-hydrogen) atoms. The number of ether oxygens (including phenoxy) is 3. The van der Waals surface area contributed by atoms with Crippen molar-refractivity contribution in [3.05, 3.63) is 36.5 Å². The van der Waals surface area contributed by atoms with Gasteiger partial charge in [0.05, 0.1) is 12.2 Å². The first-order valence-corrected chi connectivity index (χ1v) is 18.7. The molecule has 2 unspecified atom stereocenters. The zero-order valence-corrected chi connectivity index (χ0v) is 29.1. The van der Waals surface area contributed by atoms with E-state index in [1.54, 1.807) is 0 Å². The van der Waals surface area contributed by atoms with Crippen molar-refractivity contribution in [2.75, 3.05) is 13.2 Å². The first-order valence-electron chi connectivity index (χ1n) is 18.7. The van der Waals surface area contributed by atoms with Crippen LogP contribution in [0.3, 0.4) is 0 Å². The standard InChI is InChI=1S/C39H68O6/c1-3-5-7-9-11-13-14-15-16-18-20-22-27-31-38(41)43-33-35(40)34-44-39(42)32-28-24-23-26-30-37-36(45-37)29-25-21-19-17-12-10-8-6-4-2/h12,17,21,23,25-26,35-37,40H,3-11,13-16,18-20,22,24,27-34H2,1-2H3/b17-12-,25-21-,26-23-/t35-,36?,37?/m1/s1. The molecule has 1 heterocycles. The summed E-state index contributed by atoms with van der Waals surface area (Å²) in [5.41, 5.74) is 0. The van der Waals surface area contributed by atoms with Crippen LogP contribution in [0.2, 0.25) is 0 Å². The van der Waals surface area contributed by atoms with Gasteiger partial charge in [-0.1, -0.05) is 140 Å². The number of esters is 2. The van der Waals surface area contributed by atoms with E-state index in [1.807, 2.05) is 0 Å². The molecule has 1 rings (SSSR count). The summed E-state index contributed by atoms with van der Waals surface area (Å²) in [5, 5.41) is 10.00. The molecule has 6 nitrogen and oxygen atoms in total. The van der Waals surface area contributed by atoms with E-state index in [2.05, 4.69) is 50.3 Å². The van der Waals surface area contributed by atoms with E-state index in [0.717, 1.165) is 44.9 Å². The van der Waals surface area contributed by atoms with Crippen molar-refractivity contribution in [1.29, 1.82) is 0 Å². The van der Waals surface area contributed by atoms with Crippen LogP contribution >= 0.6 is 0 Å². The molecule has 260 valence electrons. The number of allylic oxidation sites excluding steroid dienone is 4. The molecule has 0 aliphatic carbocycles. The fraction of sp³-hybridized carbons (Fsp3) is 0.795. The third kappa shape index (κ3) is 28.1. The molecule has 0 amide bonds. The molecule has 1 N–H and O–H groups in total. The van der Waals surface area contributed by atoms with E-state index >= 15 is 0 Å². The minimum absolute atomic E-state index is 0.135. The van der Waals surface area contributed by atoms with Crippen molar-refractivity contribution in [2.24, 2.45) is 0 Å². The van der Waals surface area contributed by atoms with Gasteiger partial charge in [0.2, 0.25) is 0 Å². The van der Waals surface area contributed by atoms with Crippen molar-refractivity contribution in [2.45, 2.75) is 186 Å². The fourth-order valence-electron chi connectivity index (χ4n) is 5.30. The Kier molecular flexibility index (Phi) is 28.1. The monoisotopic (exact) mass is 633 g/mol. The van der Waals surface area contributed by atoms with E-state index in [0.29, 0.717) is 31.5 Å². The summed E-state index contributed by atoms with van der Waals surface area (Å²) in [6.45, 7) is 4.20. The Bertz CT molecular complexity index is 788. The molecule has 0 aromatic heterocycles. The summed E-state index contributed by atoms with van der Waals surface area (Å²) in [6.07, 6.45) is 39.4. The van der Waals surface area contributed by atoms with E-state index in [4.69, 9.17) is 14.2 Å². The van der Waals surface area contributed by atoms with Crippen LogP contribution in [0.5, 0.6) is 0 Å². The molecule has 0 bridgehead atoms. The summed E-state index contributed by atoms with van der Waals surface area (Å²) in [6, 6.07) is 0. The lowest BCUT2D eigenvalue weighted by Gasteiger charge is -2.12. The minimum Gasteiger partial charge on any atom is -0.463 e. The van der Waals surface area contributed by atoms with E-state index in [-0.39, 0.29) is 25.2 Å². The predicted molar refractivity (Wildman–Crippen MR) is 186 cm³/mol. The van der Waals surface area contributed by atoms with Gasteiger partial charge in [0, 0.05) is 12.8 Å². The van der Waals surface area contributed by atoms with Crippen LogP contribution in [0.1, 0.15) is 168 Å². The Balaban J connectivity index is 1.88. The van der Waals surface area contributed by atoms with Gasteiger partial charge < -0.3 is 19.3 Å². The maximum Gasteiger partial charge on any atom is 0.305 e. The minimum atomic E-state index is -0.988. The molecule has 1 aliphatic rings. The van der Waals surface area contributed by atoms with E-state index < -0.39 is 6.10 Å². The topological polar surface area (TPSA) is 85.4 Å². The molecule has 3 atom stereocenters. The average Bonchev–Trinajstić information content (AvgIpc) is 3.79. The number of hydrogen-bond donors (Lipinski definition) is 1. The number of rotatable bonds is 32. The second-order valence-corrected chi connectivity index (χ2v) is 12.7. The van der Waals surface area contributed by atoms with E-state index in [1.165, 1.54) is 89.9 Å². The number of unbranched alkanes of at least 4 members (excludes halogenated alkanes) is 16. The van der Waals surface area contributed by atoms with E-state index in [9.17, 15) is 14.7 Å². The molecular weight excluding hydrogens is 564 g/mol. The van der Waals surface area contributed by atoms with Crippen LogP contribution in [-0.2, 0) is 23.8 Å². The molecule has 0 aromatic carbocycles. The average molecular weight is 633 g/mol. The van der Waals surface area contributed by atoms with Crippen LogP contribution in [-0.4, -0.2) is 48.6 Å². The Morgan fingerprint density at radius 3 is 1.58 bits per heavy atom. The summed E-state index contributed by atoms with van der Waals surface area (Å²) < 4.78 is 16.0. The van der Waals surface area contributed by atoms with Gasteiger partial charge in [-0.3, -0.25) is 9.59 Å². The number of carbonyl (C=O) groups excluding carboxylic acids is 2. The maximum atomic E-state index is 12.0. The number of carbonyl (C=O) groups is 2. The highest BCUT2D eigenvalue weighted by atomic mass is 16.6. The van der Waals surface area contributed by atoms with Gasteiger partial charge in [-0.25, -0.2) is 0 Å². The molecule has 6 heteroatoms. The van der Waals surface area contributed by atoms with Crippen LogP contribution in [0, 0.1) is 0 Å². The molecule has 0 radical (unpaired) electrons. The molecular formula is C39H68O6. The van der Waals surface area contributed by atoms with Crippen molar-refractivity contribution >= 4 is 11.9 Å². The van der Waals surface area contributed by atoms with Gasteiger partial charge in [0.1, 0.15) is 19.3 Å². The van der Waals surface area contributed by atoms with Crippen molar-refractivity contribution in [3.63, 3.8) is 0 Å². The van der Waals surface area contributed by atoms with Crippen LogP contribution < -0.4 is 0 Å². The molecule has 0 saturated carbocycles. The number of aliphatic hydroxyl groups excluding tert-OH is 1. The quantitative estimate of drug-likeness (QED) is 0.0344. The van der Waals surface area contributed by atoms with Gasteiger partial charge in [0.25, 0.3) is 0 Å². The van der Waals surface area contributed by atoms with Gasteiger partial charge in [-0.15, -0.1) is 0 Å². The van der Waals surface area contributed by atoms with Gasteiger partial charge >= 0.3 is 11.9 Å². The van der Waals surface area contributed by atoms with Gasteiger partial charge in [0.15, 0.2) is 0 Å². The van der Waals surface area contributed by atoms with Gasteiger partial charge in [-0.05, 0) is 51.4 Å². The third-order valence-corrected chi connectivity index (χ3v) is 8.28. The number of hydrogen-bond acceptors (Lipinski definition) is 6. The highest BCUT2D eigenvalue weighted by molar-refractivity contribution is 5.69. The third-order valence-electron chi connectivity index (χ3n) is 8.28. The molecule has 1 saturated heterocycles. The maximum absolute atomic E-state index is 12.0. The van der Waals surface area contributed by atoms with Gasteiger partial charge in [-0.2, -0.15) is 0 Å². The van der Waals surface area contributed by atoms with Crippen molar-refractivity contribution in [3.8, 4) is 0 Å². The number of aliphatic hydroxyl groups is 1. The summed E-state index contributed by atoms with van der Waals surface area (Å²) in [7, 11) is 0. The SMILES string of the molecule is CCCCC/C=C\C/C=C\CC1OC1C/C=C\CCCC(=O)OC[C@H](O)COC(=O)CCCCCCCCCCCCCCC. The lowest BCUT2D eigenvalue weighted by molar-refractivity contribution is -0.152. The fourth-order valence-corrected chi connectivity index (χ4v) is 5.30. The predicted octanol–water partition coefficient (Wildman–Crippen LogP) is 10.3. The first-order chi connectivity index (χ1) is 22.1. The lowest BCUT2D eigenvalue weighted by Crippen LogP contribution is -2.25. The second-order valence-electron chi connectivity index (χ2n) is 12.7. The number of epoxide rings is 1. The van der Waals surface area contributed by atoms with Crippen molar-refractivity contribution in [1.82, 2.24) is 0 Å². The zero-order chi connectivity index (χ0) is 32.6. The summed E-state index contributed by atoms with van der Waals surface area (Å²) in [5.74, 6) is -0.635. The molecule has 1 fully saturated rings. The van der Waals surface area contributed by atoms with Crippen molar-refractivity contribution < 1.29 is 28.9 Å². The van der Waals surface area contributed by atoms with Crippen LogP contribution in [0.25, 0.3) is 0 Å². The van der Waals surface area contributed by atoms with Crippen LogP contribution in [0.4, 0.5) is 0 Å². The van der Waals surface area contributed by atoms with Crippen LogP contribution in [0.15, 0.2) is 36.5 Å². The summed E-state index contributed by atoms with van der Waals surface area (Å²) in [4.78, 5) is 23.9. The first kappa shape index (κ1) is 41.1. The smallest absolute Gasteiger partial charge is 0.305 e. The normalized spacial score (nSPS) is 17.0. The Morgan fingerprint density at radius 1 is 0.578 bits per heavy atom. The lowest BCUT2D eigenvalue weighted by atomic mass is 10.0.